The molecule has 0 bridgehead atoms. The van der Waals surface area contributed by atoms with Gasteiger partial charge < -0.3 is 16.2 Å². The lowest BCUT2D eigenvalue weighted by Crippen LogP contribution is -2.41. The van der Waals surface area contributed by atoms with Crippen molar-refractivity contribution in [3.8, 4) is 5.75 Å². The molecule has 1 atom stereocenters. The third-order valence-electron chi connectivity index (χ3n) is 2.58. The summed E-state index contributed by atoms with van der Waals surface area (Å²) in [6.07, 6.45) is 0.838. The van der Waals surface area contributed by atoms with Crippen molar-refractivity contribution >= 4 is 21.8 Å². The summed E-state index contributed by atoms with van der Waals surface area (Å²) in [5.74, 6) is 0.307. The smallest absolute Gasteiger partial charge is 0.251 e. The van der Waals surface area contributed by atoms with Crippen LogP contribution >= 0.6 is 15.9 Å². The van der Waals surface area contributed by atoms with E-state index in [1.165, 1.54) is 6.07 Å². The first-order valence-electron chi connectivity index (χ1n) is 5.93. The van der Waals surface area contributed by atoms with Crippen molar-refractivity contribution in [3.05, 3.63) is 28.2 Å². The fourth-order valence-electron chi connectivity index (χ4n) is 1.71. The van der Waals surface area contributed by atoms with E-state index in [9.17, 15) is 9.90 Å². The minimum atomic E-state index is -0.214. The topological polar surface area (TPSA) is 75.3 Å². The third kappa shape index (κ3) is 4.31. The van der Waals surface area contributed by atoms with Crippen molar-refractivity contribution in [2.75, 3.05) is 6.54 Å². The van der Waals surface area contributed by atoms with Crippen molar-refractivity contribution in [1.29, 1.82) is 0 Å². The van der Waals surface area contributed by atoms with Crippen LogP contribution in [0.1, 0.15) is 30.6 Å². The van der Waals surface area contributed by atoms with Crippen molar-refractivity contribution in [1.82, 2.24) is 5.32 Å². The maximum atomic E-state index is 12.0. The average Bonchev–Trinajstić information content (AvgIpc) is 2.31. The molecule has 100 valence electrons. The zero-order valence-corrected chi connectivity index (χ0v) is 12.2. The van der Waals surface area contributed by atoms with Gasteiger partial charge in [-0.2, -0.15) is 0 Å². The Bertz CT molecular complexity index is 421. The molecule has 0 saturated heterocycles. The van der Waals surface area contributed by atoms with Gasteiger partial charge in [0.25, 0.3) is 5.91 Å². The Hall–Kier alpha value is -1.07. The van der Waals surface area contributed by atoms with Crippen molar-refractivity contribution in [3.63, 3.8) is 0 Å². The highest BCUT2D eigenvalue weighted by molar-refractivity contribution is 9.10. The fourth-order valence-corrected chi connectivity index (χ4v) is 1.95. The van der Waals surface area contributed by atoms with Crippen LogP contribution in [0.5, 0.6) is 5.75 Å². The van der Waals surface area contributed by atoms with Crippen LogP contribution in [-0.4, -0.2) is 23.6 Å². The maximum Gasteiger partial charge on any atom is 0.251 e. The molecule has 4 N–H and O–H groups in total. The summed E-state index contributed by atoms with van der Waals surface area (Å²) in [5.41, 5.74) is 6.06. The zero-order chi connectivity index (χ0) is 13.7. The van der Waals surface area contributed by atoms with E-state index in [-0.39, 0.29) is 17.7 Å². The molecule has 5 heteroatoms. The number of carbonyl (C=O) groups is 1. The SMILES string of the molecule is CC(C)CC(CN)NC(=O)c1ccc(Br)c(O)c1. The van der Waals surface area contributed by atoms with E-state index in [1.54, 1.807) is 12.1 Å². The summed E-state index contributed by atoms with van der Waals surface area (Å²) in [6.45, 7) is 4.58. The summed E-state index contributed by atoms with van der Waals surface area (Å²) in [6, 6.07) is 4.69. The molecule has 0 aromatic heterocycles. The Morgan fingerprint density at radius 1 is 1.50 bits per heavy atom. The lowest BCUT2D eigenvalue weighted by Gasteiger charge is -2.18. The van der Waals surface area contributed by atoms with E-state index in [2.05, 4.69) is 35.1 Å². The molecule has 0 fully saturated rings. The lowest BCUT2D eigenvalue weighted by atomic mass is 10.0. The molecule has 1 rings (SSSR count). The second-order valence-corrected chi connectivity index (χ2v) is 5.56. The quantitative estimate of drug-likeness (QED) is 0.780. The van der Waals surface area contributed by atoms with Crippen molar-refractivity contribution in [2.45, 2.75) is 26.3 Å². The summed E-state index contributed by atoms with van der Waals surface area (Å²) in [7, 11) is 0. The molecule has 0 saturated carbocycles. The molecule has 4 nitrogen and oxygen atoms in total. The molecular weight excluding hydrogens is 296 g/mol. The Morgan fingerprint density at radius 3 is 2.67 bits per heavy atom. The van der Waals surface area contributed by atoms with Gasteiger partial charge in [0.15, 0.2) is 0 Å². The van der Waals surface area contributed by atoms with Gasteiger partial charge in [-0.25, -0.2) is 0 Å². The first-order valence-corrected chi connectivity index (χ1v) is 6.72. The monoisotopic (exact) mass is 314 g/mol. The number of nitrogens with two attached hydrogens (primary N) is 1. The molecule has 1 aromatic carbocycles. The number of nitrogens with one attached hydrogen (secondary N) is 1. The molecule has 1 amide bonds. The van der Waals surface area contributed by atoms with E-state index in [4.69, 9.17) is 5.73 Å². The molecule has 18 heavy (non-hydrogen) atoms. The summed E-state index contributed by atoms with van der Waals surface area (Å²) < 4.78 is 0.566. The minimum Gasteiger partial charge on any atom is -0.507 e. The van der Waals surface area contributed by atoms with Gasteiger partial charge in [0.1, 0.15) is 5.75 Å². The molecular formula is C13H19BrN2O2. The zero-order valence-electron chi connectivity index (χ0n) is 10.6. The molecule has 0 heterocycles. The predicted octanol–water partition coefficient (Wildman–Crippen LogP) is 2.26. The maximum absolute atomic E-state index is 12.0. The predicted molar refractivity (Wildman–Crippen MR) is 75.6 cm³/mol. The molecule has 0 radical (unpaired) electrons. The molecule has 0 aliphatic carbocycles. The van der Waals surface area contributed by atoms with E-state index in [1.807, 2.05) is 0 Å². The third-order valence-corrected chi connectivity index (χ3v) is 3.25. The number of halogens is 1. The normalized spacial score (nSPS) is 12.5. The highest BCUT2D eigenvalue weighted by Crippen LogP contribution is 2.24. The van der Waals surface area contributed by atoms with Crippen LogP contribution in [0.4, 0.5) is 0 Å². The number of hydrogen-bond donors (Lipinski definition) is 3. The number of phenols is 1. The van der Waals surface area contributed by atoms with Crippen LogP contribution in [0.15, 0.2) is 22.7 Å². The van der Waals surface area contributed by atoms with Gasteiger partial charge in [0.2, 0.25) is 0 Å². The second kappa shape index (κ2) is 6.75. The van der Waals surface area contributed by atoms with Crippen LogP contribution in [0.3, 0.4) is 0 Å². The van der Waals surface area contributed by atoms with E-state index < -0.39 is 0 Å². The molecule has 0 aliphatic heterocycles. The van der Waals surface area contributed by atoms with E-state index >= 15 is 0 Å². The number of aromatic hydroxyl groups is 1. The van der Waals surface area contributed by atoms with Crippen LogP contribution in [0, 0.1) is 5.92 Å². The van der Waals surface area contributed by atoms with Gasteiger partial charge in [0, 0.05) is 18.2 Å². The standard InChI is InChI=1S/C13H19BrN2O2/c1-8(2)5-10(7-15)16-13(18)9-3-4-11(14)12(17)6-9/h3-4,6,8,10,17H,5,7,15H2,1-2H3,(H,16,18). The Kier molecular flexibility index (Phi) is 5.62. The van der Waals surface area contributed by atoms with Crippen LogP contribution in [-0.2, 0) is 0 Å². The van der Waals surface area contributed by atoms with Gasteiger partial charge in [-0.1, -0.05) is 13.8 Å². The Morgan fingerprint density at radius 2 is 2.17 bits per heavy atom. The summed E-state index contributed by atoms with van der Waals surface area (Å²) in [4.78, 5) is 12.0. The Balaban J connectivity index is 2.71. The van der Waals surface area contributed by atoms with Gasteiger partial charge >= 0.3 is 0 Å². The first-order chi connectivity index (χ1) is 8.43. The van der Waals surface area contributed by atoms with Gasteiger partial charge in [-0.15, -0.1) is 0 Å². The van der Waals surface area contributed by atoms with Gasteiger partial charge in [0.05, 0.1) is 4.47 Å². The number of carbonyl (C=O) groups excluding carboxylic acids is 1. The number of rotatable bonds is 5. The fraction of sp³-hybridized carbons (Fsp3) is 0.462. The summed E-state index contributed by atoms with van der Waals surface area (Å²) in [5, 5.41) is 12.4. The number of amides is 1. The second-order valence-electron chi connectivity index (χ2n) is 4.70. The highest BCUT2D eigenvalue weighted by Gasteiger charge is 2.14. The van der Waals surface area contributed by atoms with Crippen molar-refractivity contribution in [2.24, 2.45) is 11.7 Å². The molecule has 0 spiro atoms. The number of phenolic OH excluding ortho intramolecular Hbond substituents is 1. The minimum absolute atomic E-state index is 0.0386. The van der Waals surface area contributed by atoms with E-state index in [0.29, 0.717) is 22.5 Å². The van der Waals surface area contributed by atoms with Gasteiger partial charge in [-0.05, 0) is 46.5 Å². The van der Waals surface area contributed by atoms with Crippen molar-refractivity contribution < 1.29 is 9.90 Å². The van der Waals surface area contributed by atoms with Crippen LogP contribution < -0.4 is 11.1 Å². The first kappa shape index (κ1) is 15.0. The van der Waals surface area contributed by atoms with Crippen LogP contribution in [0.25, 0.3) is 0 Å². The molecule has 0 aliphatic rings. The van der Waals surface area contributed by atoms with Crippen LogP contribution in [0.2, 0.25) is 0 Å². The van der Waals surface area contributed by atoms with Gasteiger partial charge in [-0.3, -0.25) is 4.79 Å². The molecule has 1 unspecified atom stereocenters. The lowest BCUT2D eigenvalue weighted by molar-refractivity contribution is 0.0933. The molecule has 1 aromatic rings. The largest absolute Gasteiger partial charge is 0.507 e. The van der Waals surface area contributed by atoms with E-state index in [0.717, 1.165) is 6.42 Å². The average molecular weight is 315 g/mol. The highest BCUT2D eigenvalue weighted by atomic mass is 79.9. The Labute approximate surface area is 116 Å². The summed E-state index contributed by atoms with van der Waals surface area (Å²) >= 11 is 3.17. The number of hydrogen-bond acceptors (Lipinski definition) is 3. The number of benzene rings is 1.